The molecule has 3 unspecified atom stereocenters. The fraction of sp³-hybridized carbons (Fsp3) is 0.743. The summed E-state index contributed by atoms with van der Waals surface area (Å²) < 4.78 is 62.0. The highest BCUT2D eigenvalue weighted by molar-refractivity contribution is 7.61. The number of aliphatic hydroxyl groups is 2. The van der Waals surface area contributed by atoms with Gasteiger partial charge in [-0.15, -0.1) is 0 Å². The summed E-state index contributed by atoms with van der Waals surface area (Å²) in [6.07, 6.45) is 9.85. The summed E-state index contributed by atoms with van der Waals surface area (Å²) in [7, 11) is -10.7. The van der Waals surface area contributed by atoms with Gasteiger partial charge in [-0.2, -0.15) is 4.31 Å². The molecule has 0 aromatic heterocycles. The van der Waals surface area contributed by atoms with Crippen molar-refractivity contribution >= 4 is 33.1 Å². The van der Waals surface area contributed by atoms with Crippen molar-refractivity contribution in [1.82, 2.24) is 5.32 Å². The number of aliphatic hydroxyl groups excluding tert-OH is 1. The average Bonchev–Trinajstić information content (AvgIpc) is 3.24. The van der Waals surface area contributed by atoms with Crippen molar-refractivity contribution in [2.24, 2.45) is 28.6 Å². The molecule has 5 N–H and O–H groups in total. The van der Waals surface area contributed by atoms with Crippen LogP contribution >= 0.6 is 15.6 Å². The van der Waals surface area contributed by atoms with Gasteiger partial charge in [0.1, 0.15) is 18.8 Å². The van der Waals surface area contributed by atoms with Crippen LogP contribution in [0.1, 0.15) is 85.5 Å². The van der Waals surface area contributed by atoms with Gasteiger partial charge < -0.3 is 30.1 Å². The van der Waals surface area contributed by atoms with E-state index in [0.717, 1.165) is 32.1 Å². The number of ketones is 2. The molecule has 3 fully saturated rings. The van der Waals surface area contributed by atoms with Crippen LogP contribution in [0.4, 0.5) is 4.39 Å². The van der Waals surface area contributed by atoms with Crippen LogP contribution in [0.15, 0.2) is 35.5 Å². The smallest absolute Gasteiger partial charge is 0.390 e. The summed E-state index contributed by atoms with van der Waals surface area (Å²) in [5, 5.41) is 26.0. The van der Waals surface area contributed by atoms with Gasteiger partial charge in [0.05, 0.1) is 18.8 Å². The number of fused-ring (bicyclic) bond motifs is 5. The number of hydrogen-bond donors (Lipinski definition) is 5. The number of amides is 1. The molecular weight excluding hydrogens is 723 g/mol. The lowest BCUT2D eigenvalue weighted by atomic mass is 9.44. The molecule has 0 spiro atoms. The number of alkyl halides is 1. The normalized spacial score (nSPS) is 40.7. The van der Waals surface area contributed by atoms with Gasteiger partial charge in [0.15, 0.2) is 17.2 Å². The number of Topliss-reactive ketones (excluding diaryl/α,β-unsaturated/α-hetero) is 1. The molecule has 0 aliphatic heterocycles. The fourth-order valence-corrected chi connectivity index (χ4v) is 11.7. The van der Waals surface area contributed by atoms with Crippen molar-refractivity contribution in [3.05, 3.63) is 35.5 Å². The molecule has 292 valence electrons. The maximum absolute atomic E-state index is 17.4. The zero-order valence-electron chi connectivity index (χ0n) is 30.1. The third-order valence-electron chi connectivity index (χ3n) is 12.4. The fourth-order valence-electron chi connectivity index (χ4n) is 9.70. The highest BCUT2D eigenvalue weighted by atomic mass is 31.3. The van der Waals surface area contributed by atoms with E-state index in [1.54, 1.807) is 20.8 Å². The number of rotatable bonds is 13. The van der Waals surface area contributed by atoms with Crippen molar-refractivity contribution in [1.29, 1.82) is 0 Å². The Hall–Kier alpha value is -1.90. The second-order valence-corrected chi connectivity index (χ2v) is 18.6. The van der Waals surface area contributed by atoms with Gasteiger partial charge in [0.25, 0.3) is 0 Å². The minimum Gasteiger partial charge on any atom is -0.390 e. The van der Waals surface area contributed by atoms with Gasteiger partial charge in [-0.1, -0.05) is 50.0 Å². The number of carbonyl (C=O) groups excluding carboxylic acids is 3. The summed E-state index contributed by atoms with van der Waals surface area (Å²) in [5.41, 5.74) is -5.30. The first-order valence-electron chi connectivity index (χ1n) is 18.0. The van der Waals surface area contributed by atoms with Gasteiger partial charge in [-0.25, -0.2) is 13.5 Å². The molecule has 5 rings (SSSR count). The number of phosphoric acid groups is 2. The Morgan fingerprint density at radius 3 is 2.48 bits per heavy atom. The molecule has 0 aromatic carbocycles. The summed E-state index contributed by atoms with van der Waals surface area (Å²) >= 11 is 0. The van der Waals surface area contributed by atoms with E-state index in [0.29, 0.717) is 12.0 Å². The number of ether oxygens (including phenoxy) is 1. The lowest BCUT2D eigenvalue weighted by Gasteiger charge is -2.62. The van der Waals surface area contributed by atoms with Crippen LogP contribution in [0.2, 0.25) is 0 Å². The molecule has 1 amide bonds. The molecule has 0 bridgehead atoms. The topological polar surface area (TPSA) is 215 Å². The third-order valence-corrected chi connectivity index (χ3v) is 15.0. The van der Waals surface area contributed by atoms with Gasteiger partial charge >= 0.3 is 15.6 Å². The van der Waals surface area contributed by atoms with Crippen molar-refractivity contribution in [3.63, 3.8) is 0 Å². The molecule has 0 saturated heterocycles. The number of hydrogen-bond acceptors (Lipinski definition) is 11. The SMILES string of the molecule is C/C1=C\C(OCC(=O)NCCOP(=O)(O)OP(=O)(O)OCC(=O)[C@@]2(O)[C@H](C)C[C@H]3[C@@H]4CCC5=CC(=O)C=C[C@]5(C)[C@@]4(F)[C@@H](O)C[C@@]32C)CCCCC1. The maximum atomic E-state index is 17.4. The quantitative estimate of drug-likeness (QED) is 0.0987. The molecule has 52 heavy (non-hydrogen) atoms. The maximum Gasteiger partial charge on any atom is 0.481 e. The standard InChI is InChI=1S/C35H52FNO13P2/c1-22-8-6-5-7-9-26(16-22)47-21-31(41)37-14-15-48-51(43,44)50-52(45,46)49-20-30(40)35(42)23(2)17-28-27-11-10-24-18-25(38)12-13-32(24,3)34(27,36)29(39)19-33(28,35)4/h12-13,16,18,23,26-29,39,42H,5-11,14-15,17,19-21H2,1-4H3,(H,37,41)(H,43,44)(H,45,46)/b22-16+/t23-,26?,27+,28+,29+,32+,33+,34+,35+/m1/s1. The highest BCUT2D eigenvalue weighted by Gasteiger charge is 2.75. The lowest BCUT2D eigenvalue weighted by Crippen LogP contribution is -2.69. The van der Waals surface area contributed by atoms with Crippen LogP contribution < -0.4 is 5.32 Å². The van der Waals surface area contributed by atoms with E-state index >= 15 is 4.39 Å². The predicted octanol–water partition coefficient (Wildman–Crippen LogP) is 4.57. The lowest BCUT2D eigenvalue weighted by molar-refractivity contribution is -0.219. The Balaban J connectivity index is 1.14. The summed E-state index contributed by atoms with van der Waals surface area (Å²) in [4.78, 5) is 58.2. The number of halogens is 1. The Labute approximate surface area is 303 Å². The Morgan fingerprint density at radius 1 is 1.04 bits per heavy atom. The van der Waals surface area contributed by atoms with Crippen molar-refractivity contribution in [3.8, 4) is 0 Å². The van der Waals surface area contributed by atoms with E-state index in [9.17, 15) is 43.5 Å². The Morgan fingerprint density at radius 2 is 1.75 bits per heavy atom. The predicted molar refractivity (Wildman–Crippen MR) is 185 cm³/mol. The molecule has 3 saturated carbocycles. The molecule has 5 aliphatic carbocycles. The Kier molecular flexibility index (Phi) is 12.2. The van der Waals surface area contributed by atoms with E-state index in [-0.39, 0.29) is 44.3 Å². The van der Waals surface area contributed by atoms with Crippen LogP contribution in [0, 0.1) is 28.6 Å². The monoisotopic (exact) mass is 775 g/mol. The van der Waals surface area contributed by atoms with Crippen LogP contribution in [0.3, 0.4) is 0 Å². The van der Waals surface area contributed by atoms with E-state index in [1.807, 2.05) is 13.0 Å². The minimum absolute atomic E-state index is 0.195. The molecular formula is C35H52FNO13P2. The van der Waals surface area contributed by atoms with Crippen LogP contribution in [-0.4, -0.2) is 87.3 Å². The summed E-state index contributed by atoms with van der Waals surface area (Å²) in [5.74, 6) is -3.97. The largest absolute Gasteiger partial charge is 0.481 e. The van der Waals surface area contributed by atoms with Crippen molar-refractivity contribution < 1.29 is 66.0 Å². The summed E-state index contributed by atoms with van der Waals surface area (Å²) in [6.45, 7) is 4.55. The molecule has 14 nitrogen and oxygen atoms in total. The molecule has 0 radical (unpaired) electrons. The van der Waals surface area contributed by atoms with Crippen molar-refractivity contribution in [2.45, 2.75) is 109 Å². The number of carbonyl (C=O) groups is 3. The van der Waals surface area contributed by atoms with Crippen LogP contribution in [-0.2, 0) is 41.6 Å². The van der Waals surface area contributed by atoms with Crippen LogP contribution in [0.25, 0.3) is 0 Å². The Bertz CT molecular complexity index is 1620. The van der Waals surface area contributed by atoms with E-state index < -0.39 is 86.5 Å². The number of phosphoric ester groups is 2. The van der Waals surface area contributed by atoms with Gasteiger partial charge in [0, 0.05) is 23.3 Å². The minimum atomic E-state index is -5.43. The molecule has 0 heterocycles. The third kappa shape index (κ3) is 7.78. The second-order valence-electron chi connectivity index (χ2n) is 15.5. The zero-order chi connectivity index (χ0) is 38.3. The molecule has 5 aliphatic rings. The first kappa shape index (κ1) is 41.3. The van der Waals surface area contributed by atoms with Crippen molar-refractivity contribution in [2.75, 3.05) is 26.4 Å². The average molecular weight is 776 g/mol. The van der Waals surface area contributed by atoms with E-state index in [4.69, 9.17) is 13.8 Å². The molecule has 0 aromatic rings. The molecule has 17 heteroatoms. The van der Waals surface area contributed by atoms with E-state index in [2.05, 4.69) is 9.63 Å². The van der Waals surface area contributed by atoms with Crippen LogP contribution in [0.5, 0.6) is 0 Å². The van der Waals surface area contributed by atoms with Gasteiger partial charge in [-0.05, 0) is 82.8 Å². The first-order valence-corrected chi connectivity index (χ1v) is 21.0. The molecule has 11 atom stereocenters. The second kappa shape index (κ2) is 15.3. The van der Waals surface area contributed by atoms with Gasteiger partial charge in [0.2, 0.25) is 5.91 Å². The number of allylic oxidation sites excluding steroid dienone is 5. The summed E-state index contributed by atoms with van der Waals surface area (Å²) in [6, 6.07) is 0. The van der Waals surface area contributed by atoms with E-state index in [1.165, 1.54) is 23.8 Å². The highest BCUT2D eigenvalue weighted by Crippen LogP contribution is 2.71. The number of nitrogens with one attached hydrogen (secondary N) is 1. The first-order chi connectivity index (χ1) is 24.2. The zero-order valence-corrected chi connectivity index (χ0v) is 31.9. The van der Waals surface area contributed by atoms with Gasteiger partial charge in [-0.3, -0.25) is 23.4 Å².